The van der Waals surface area contributed by atoms with Crippen molar-refractivity contribution in [1.82, 2.24) is 0 Å². The molecule has 0 bridgehead atoms. The fraction of sp³-hybridized carbons (Fsp3) is 0.214. The number of hydrogen-bond donors (Lipinski definition) is 2. The number of ether oxygens (including phenoxy) is 1. The predicted octanol–water partition coefficient (Wildman–Crippen LogP) is 2.98. The molecule has 3 N–H and O–H groups in total. The molecule has 0 atom stereocenters. The van der Waals surface area contributed by atoms with Gasteiger partial charge in [0.15, 0.2) is 5.84 Å². The van der Waals surface area contributed by atoms with Gasteiger partial charge in [0.25, 0.3) is 0 Å². The summed E-state index contributed by atoms with van der Waals surface area (Å²) in [5.41, 5.74) is 6.15. The Balaban J connectivity index is 1.96. The summed E-state index contributed by atoms with van der Waals surface area (Å²) in [6.07, 6.45) is 1.05. The molecule has 0 saturated heterocycles. The third-order valence-corrected chi connectivity index (χ3v) is 3.91. The number of nitrogens with two attached hydrogens (primary N) is 1. The molecule has 0 unspecified atom stereocenters. The summed E-state index contributed by atoms with van der Waals surface area (Å²) in [6, 6.07) is 11.4. The molecule has 100 valence electrons. The summed E-state index contributed by atoms with van der Waals surface area (Å²) < 4.78 is 5.69. The molecule has 0 spiro atoms. The Morgan fingerprint density at radius 3 is 2.47 bits per heavy atom. The van der Waals surface area contributed by atoms with Crippen LogP contribution in [-0.2, 0) is 13.0 Å². The SMILES string of the molecule is CCc1ccc(COc2ccc(/C(N)=N/O)cc2)s1. The lowest BCUT2D eigenvalue weighted by molar-refractivity contribution is 0.309. The third kappa shape index (κ3) is 3.48. The summed E-state index contributed by atoms with van der Waals surface area (Å²) in [7, 11) is 0. The number of amidine groups is 1. The maximum atomic E-state index is 8.57. The molecule has 0 fully saturated rings. The van der Waals surface area contributed by atoms with E-state index in [0.717, 1.165) is 12.2 Å². The van der Waals surface area contributed by atoms with Crippen molar-refractivity contribution in [2.75, 3.05) is 0 Å². The van der Waals surface area contributed by atoms with Crippen molar-refractivity contribution >= 4 is 17.2 Å². The molecule has 19 heavy (non-hydrogen) atoms. The van der Waals surface area contributed by atoms with Crippen molar-refractivity contribution in [3.63, 3.8) is 0 Å². The minimum atomic E-state index is 0.0948. The van der Waals surface area contributed by atoms with Gasteiger partial charge in [0.05, 0.1) is 0 Å². The van der Waals surface area contributed by atoms with E-state index in [1.54, 1.807) is 23.5 Å². The lowest BCUT2D eigenvalue weighted by atomic mass is 10.2. The smallest absolute Gasteiger partial charge is 0.170 e. The molecule has 2 rings (SSSR count). The van der Waals surface area contributed by atoms with Crippen LogP contribution in [-0.4, -0.2) is 11.0 Å². The largest absolute Gasteiger partial charge is 0.488 e. The Kier molecular flexibility index (Phi) is 4.41. The van der Waals surface area contributed by atoms with Crippen molar-refractivity contribution in [3.05, 3.63) is 51.7 Å². The summed E-state index contributed by atoms with van der Waals surface area (Å²) in [5.74, 6) is 0.860. The van der Waals surface area contributed by atoms with Crippen LogP contribution in [0.15, 0.2) is 41.6 Å². The highest BCUT2D eigenvalue weighted by atomic mass is 32.1. The Morgan fingerprint density at radius 1 is 1.21 bits per heavy atom. The maximum Gasteiger partial charge on any atom is 0.170 e. The summed E-state index contributed by atoms with van der Waals surface area (Å²) in [4.78, 5) is 2.57. The molecule has 0 saturated carbocycles. The molecular weight excluding hydrogens is 260 g/mol. The predicted molar refractivity (Wildman–Crippen MR) is 77.0 cm³/mol. The number of benzene rings is 1. The van der Waals surface area contributed by atoms with E-state index < -0.39 is 0 Å². The van der Waals surface area contributed by atoms with Crippen LogP contribution < -0.4 is 10.5 Å². The van der Waals surface area contributed by atoms with Crippen molar-refractivity contribution in [2.24, 2.45) is 10.9 Å². The van der Waals surface area contributed by atoms with Gasteiger partial charge in [-0.1, -0.05) is 12.1 Å². The number of oxime groups is 1. The van der Waals surface area contributed by atoms with E-state index in [4.69, 9.17) is 15.7 Å². The highest BCUT2D eigenvalue weighted by Crippen LogP contribution is 2.20. The van der Waals surface area contributed by atoms with Gasteiger partial charge in [0.2, 0.25) is 0 Å². The van der Waals surface area contributed by atoms with E-state index in [0.29, 0.717) is 12.2 Å². The Hall–Kier alpha value is -2.01. The second-order valence-electron chi connectivity index (χ2n) is 4.02. The zero-order valence-corrected chi connectivity index (χ0v) is 11.5. The van der Waals surface area contributed by atoms with Gasteiger partial charge in [-0.3, -0.25) is 0 Å². The monoisotopic (exact) mass is 276 g/mol. The van der Waals surface area contributed by atoms with E-state index in [2.05, 4.69) is 24.2 Å². The lowest BCUT2D eigenvalue weighted by Gasteiger charge is -2.05. The van der Waals surface area contributed by atoms with Gasteiger partial charge in [-0.15, -0.1) is 11.3 Å². The van der Waals surface area contributed by atoms with E-state index in [9.17, 15) is 0 Å². The number of rotatable bonds is 5. The van der Waals surface area contributed by atoms with Crippen LogP contribution in [0.4, 0.5) is 0 Å². The first-order chi connectivity index (χ1) is 9.22. The second kappa shape index (κ2) is 6.24. The van der Waals surface area contributed by atoms with Crippen LogP contribution in [0.1, 0.15) is 22.2 Å². The average Bonchev–Trinajstić information content (AvgIpc) is 2.93. The molecule has 0 aliphatic rings. The van der Waals surface area contributed by atoms with Gasteiger partial charge in [0, 0.05) is 15.3 Å². The van der Waals surface area contributed by atoms with Crippen LogP contribution in [0.5, 0.6) is 5.75 Å². The lowest BCUT2D eigenvalue weighted by Crippen LogP contribution is -2.12. The first-order valence-corrected chi connectivity index (χ1v) is 6.83. The van der Waals surface area contributed by atoms with Gasteiger partial charge < -0.3 is 15.7 Å². The fourth-order valence-corrected chi connectivity index (χ4v) is 2.50. The molecule has 0 aliphatic carbocycles. The Morgan fingerprint density at radius 2 is 1.89 bits per heavy atom. The van der Waals surface area contributed by atoms with Crippen LogP contribution in [0.3, 0.4) is 0 Å². The molecule has 2 aromatic rings. The van der Waals surface area contributed by atoms with Crippen LogP contribution >= 0.6 is 11.3 Å². The number of thiophene rings is 1. The zero-order chi connectivity index (χ0) is 13.7. The van der Waals surface area contributed by atoms with Crippen molar-refractivity contribution < 1.29 is 9.94 Å². The van der Waals surface area contributed by atoms with Gasteiger partial charge in [0.1, 0.15) is 12.4 Å². The summed E-state index contributed by atoms with van der Waals surface area (Å²) in [6.45, 7) is 2.70. The molecule has 0 radical (unpaired) electrons. The minimum absolute atomic E-state index is 0.0948. The van der Waals surface area contributed by atoms with E-state index in [1.165, 1.54) is 9.75 Å². The van der Waals surface area contributed by atoms with Gasteiger partial charge in [-0.2, -0.15) is 0 Å². The molecular formula is C14H16N2O2S. The standard InChI is InChI=1S/C14H16N2O2S/c1-2-12-7-8-13(19-12)9-18-11-5-3-10(4-6-11)14(15)16-17/h3-8,17H,2,9H2,1H3,(H2,15,16). The summed E-state index contributed by atoms with van der Waals surface area (Å²) >= 11 is 1.77. The first-order valence-electron chi connectivity index (χ1n) is 6.01. The van der Waals surface area contributed by atoms with Crippen LogP contribution in [0.25, 0.3) is 0 Å². The van der Waals surface area contributed by atoms with E-state index >= 15 is 0 Å². The fourth-order valence-electron chi connectivity index (χ4n) is 1.62. The van der Waals surface area contributed by atoms with E-state index in [1.807, 2.05) is 12.1 Å². The maximum absolute atomic E-state index is 8.57. The van der Waals surface area contributed by atoms with Crippen molar-refractivity contribution in [2.45, 2.75) is 20.0 Å². The average molecular weight is 276 g/mol. The molecule has 0 amide bonds. The van der Waals surface area contributed by atoms with Gasteiger partial charge in [-0.05, 0) is 42.8 Å². The molecule has 4 nitrogen and oxygen atoms in total. The normalized spacial score (nSPS) is 11.5. The quantitative estimate of drug-likeness (QED) is 0.382. The summed E-state index contributed by atoms with van der Waals surface area (Å²) in [5, 5.41) is 11.5. The highest BCUT2D eigenvalue weighted by Gasteiger charge is 2.02. The molecule has 1 heterocycles. The zero-order valence-electron chi connectivity index (χ0n) is 10.7. The number of nitrogens with zero attached hydrogens (tertiary/aromatic N) is 1. The van der Waals surface area contributed by atoms with Crippen LogP contribution in [0, 0.1) is 0 Å². The second-order valence-corrected chi connectivity index (χ2v) is 5.27. The molecule has 1 aromatic carbocycles. The number of hydrogen-bond acceptors (Lipinski definition) is 4. The minimum Gasteiger partial charge on any atom is -0.488 e. The van der Waals surface area contributed by atoms with Crippen molar-refractivity contribution in [3.8, 4) is 5.75 Å². The molecule has 5 heteroatoms. The van der Waals surface area contributed by atoms with E-state index in [-0.39, 0.29) is 5.84 Å². The van der Waals surface area contributed by atoms with Crippen LogP contribution in [0.2, 0.25) is 0 Å². The Labute approximate surface area is 116 Å². The number of aryl methyl sites for hydroxylation is 1. The topological polar surface area (TPSA) is 67.8 Å². The third-order valence-electron chi connectivity index (χ3n) is 2.70. The van der Waals surface area contributed by atoms with Crippen molar-refractivity contribution in [1.29, 1.82) is 0 Å². The Bertz CT molecular complexity index is 561. The molecule has 0 aliphatic heterocycles. The first kappa shape index (κ1) is 13.4. The molecule has 1 aromatic heterocycles. The van der Waals surface area contributed by atoms with Gasteiger partial charge in [-0.25, -0.2) is 0 Å². The van der Waals surface area contributed by atoms with Gasteiger partial charge >= 0.3 is 0 Å². The highest BCUT2D eigenvalue weighted by molar-refractivity contribution is 7.11.